The number of benzene rings is 3. The second-order valence-corrected chi connectivity index (χ2v) is 7.97. The number of oxime groups is 1. The highest BCUT2D eigenvalue weighted by molar-refractivity contribution is 6.01. The Morgan fingerprint density at radius 3 is 2.28 bits per heavy atom. The number of carboxylic acid groups (broad SMARTS) is 1. The lowest BCUT2D eigenvalue weighted by Gasteiger charge is -2.10. The molecule has 0 atom stereocenters. The monoisotopic (exact) mass is 486 g/mol. The fourth-order valence-electron chi connectivity index (χ4n) is 3.67. The summed E-state index contributed by atoms with van der Waals surface area (Å²) in [6.45, 7) is 2.45. The molecule has 0 aliphatic rings. The molecule has 1 aromatic heterocycles. The first-order valence-electron chi connectivity index (χ1n) is 11.3. The zero-order valence-corrected chi connectivity index (χ0v) is 20.0. The summed E-state index contributed by atoms with van der Waals surface area (Å²) in [6, 6.07) is 24.8. The third kappa shape index (κ3) is 6.29. The van der Waals surface area contributed by atoms with Crippen LogP contribution in [0.3, 0.4) is 0 Å². The SMILES string of the molecule is CON=C(COc1ccc(COc2ccc(-c3c(C)noc3CC(=O)O)cc2)cc1)c1ccccc1. The summed E-state index contributed by atoms with van der Waals surface area (Å²) in [7, 11) is 1.51. The van der Waals surface area contributed by atoms with Crippen LogP contribution in [0.1, 0.15) is 22.6 Å². The number of nitrogens with zero attached hydrogens (tertiary/aromatic N) is 2. The summed E-state index contributed by atoms with van der Waals surface area (Å²) in [5.41, 5.74) is 4.79. The van der Waals surface area contributed by atoms with E-state index in [1.165, 1.54) is 7.11 Å². The van der Waals surface area contributed by atoms with Gasteiger partial charge < -0.3 is 23.9 Å². The smallest absolute Gasteiger partial charge is 0.311 e. The Labute approximate surface area is 208 Å². The minimum absolute atomic E-state index is 0.221. The molecule has 8 heteroatoms. The van der Waals surface area contributed by atoms with Gasteiger partial charge in [-0.25, -0.2) is 0 Å². The van der Waals surface area contributed by atoms with Gasteiger partial charge in [-0.3, -0.25) is 4.79 Å². The molecule has 0 aliphatic carbocycles. The quantitative estimate of drug-likeness (QED) is 0.227. The molecule has 0 unspecified atom stereocenters. The van der Waals surface area contributed by atoms with E-state index in [2.05, 4.69) is 10.3 Å². The van der Waals surface area contributed by atoms with Crippen LogP contribution in [-0.2, 0) is 22.7 Å². The number of ether oxygens (including phenoxy) is 2. The Hall–Kier alpha value is -4.59. The average molecular weight is 487 g/mol. The van der Waals surface area contributed by atoms with Crippen LogP contribution in [0.2, 0.25) is 0 Å². The van der Waals surface area contributed by atoms with Gasteiger partial charge in [-0.2, -0.15) is 0 Å². The van der Waals surface area contributed by atoms with Gasteiger partial charge >= 0.3 is 5.97 Å². The van der Waals surface area contributed by atoms with Crippen molar-refractivity contribution in [1.82, 2.24) is 5.16 Å². The van der Waals surface area contributed by atoms with Gasteiger partial charge in [-0.1, -0.05) is 64.9 Å². The van der Waals surface area contributed by atoms with Crippen molar-refractivity contribution in [1.29, 1.82) is 0 Å². The average Bonchev–Trinajstić information content (AvgIpc) is 3.25. The molecule has 1 N–H and O–H groups in total. The van der Waals surface area contributed by atoms with Crippen LogP contribution in [0.15, 0.2) is 88.5 Å². The maximum atomic E-state index is 11.1. The van der Waals surface area contributed by atoms with Gasteiger partial charge in [-0.05, 0) is 42.3 Å². The molecule has 0 fully saturated rings. The second-order valence-electron chi connectivity index (χ2n) is 7.97. The maximum Gasteiger partial charge on any atom is 0.311 e. The minimum Gasteiger partial charge on any atom is -0.489 e. The van der Waals surface area contributed by atoms with E-state index in [1.54, 1.807) is 6.92 Å². The van der Waals surface area contributed by atoms with E-state index in [9.17, 15) is 4.79 Å². The molecule has 0 saturated heterocycles. The summed E-state index contributed by atoms with van der Waals surface area (Å²) < 4.78 is 17.0. The number of aliphatic carboxylic acids is 1. The number of carbonyl (C=O) groups is 1. The van der Waals surface area contributed by atoms with Gasteiger partial charge in [0, 0.05) is 11.1 Å². The van der Waals surface area contributed by atoms with Crippen LogP contribution in [0, 0.1) is 6.92 Å². The lowest BCUT2D eigenvalue weighted by molar-refractivity contribution is -0.136. The molecule has 36 heavy (non-hydrogen) atoms. The molecule has 0 amide bonds. The van der Waals surface area contributed by atoms with E-state index < -0.39 is 5.97 Å². The van der Waals surface area contributed by atoms with Crippen molar-refractivity contribution in [2.75, 3.05) is 13.7 Å². The first-order valence-corrected chi connectivity index (χ1v) is 11.3. The number of carboxylic acids is 1. The molecular formula is C28H26N2O6. The Bertz CT molecular complexity index is 1310. The molecule has 0 radical (unpaired) electrons. The highest BCUT2D eigenvalue weighted by atomic mass is 16.6. The van der Waals surface area contributed by atoms with Gasteiger partial charge in [-0.15, -0.1) is 0 Å². The van der Waals surface area contributed by atoms with Gasteiger partial charge in [0.1, 0.15) is 44.0 Å². The third-order valence-electron chi connectivity index (χ3n) is 5.40. The third-order valence-corrected chi connectivity index (χ3v) is 5.40. The van der Waals surface area contributed by atoms with Crippen molar-refractivity contribution in [3.8, 4) is 22.6 Å². The Kier molecular flexibility index (Phi) is 7.97. The normalized spacial score (nSPS) is 11.2. The summed E-state index contributed by atoms with van der Waals surface area (Å²) in [5, 5.41) is 17.1. The minimum atomic E-state index is -0.969. The van der Waals surface area contributed by atoms with E-state index in [4.69, 9.17) is 23.9 Å². The zero-order chi connectivity index (χ0) is 25.3. The predicted molar refractivity (Wildman–Crippen MR) is 134 cm³/mol. The van der Waals surface area contributed by atoms with Crippen molar-refractivity contribution >= 4 is 11.7 Å². The molecule has 1 heterocycles. The van der Waals surface area contributed by atoms with E-state index in [-0.39, 0.29) is 13.0 Å². The van der Waals surface area contributed by atoms with Crippen molar-refractivity contribution < 1.29 is 28.7 Å². The first-order chi connectivity index (χ1) is 17.5. The molecule has 4 rings (SSSR count). The molecular weight excluding hydrogens is 460 g/mol. The lowest BCUT2D eigenvalue weighted by Crippen LogP contribution is -2.13. The zero-order valence-electron chi connectivity index (χ0n) is 20.0. The number of hydrogen-bond acceptors (Lipinski definition) is 7. The summed E-state index contributed by atoms with van der Waals surface area (Å²) in [4.78, 5) is 16.0. The Balaban J connectivity index is 1.33. The molecule has 3 aromatic carbocycles. The number of aromatic nitrogens is 1. The topological polar surface area (TPSA) is 103 Å². The van der Waals surface area contributed by atoms with Gasteiger partial charge in [0.25, 0.3) is 0 Å². The summed E-state index contributed by atoms with van der Waals surface area (Å²) >= 11 is 0. The van der Waals surface area contributed by atoms with Gasteiger partial charge in [0.15, 0.2) is 5.76 Å². The van der Waals surface area contributed by atoms with Crippen molar-refractivity contribution in [3.63, 3.8) is 0 Å². The highest BCUT2D eigenvalue weighted by Gasteiger charge is 2.17. The van der Waals surface area contributed by atoms with Crippen LogP contribution >= 0.6 is 0 Å². The lowest BCUT2D eigenvalue weighted by atomic mass is 10.0. The first kappa shape index (κ1) is 24.5. The van der Waals surface area contributed by atoms with Crippen molar-refractivity contribution in [2.45, 2.75) is 20.0 Å². The second kappa shape index (κ2) is 11.7. The van der Waals surface area contributed by atoms with Crippen molar-refractivity contribution in [3.05, 3.63) is 101 Å². The van der Waals surface area contributed by atoms with Crippen LogP contribution in [0.4, 0.5) is 0 Å². The summed E-state index contributed by atoms with van der Waals surface area (Å²) in [6.07, 6.45) is -0.221. The van der Waals surface area contributed by atoms with Crippen LogP contribution in [-0.4, -0.2) is 35.7 Å². The molecule has 0 aliphatic heterocycles. The van der Waals surface area contributed by atoms with Crippen LogP contribution < -0.4 is 9.47 Å². The molecule has 184 valence electrons. The molecule has 0 spiro atoms. The standard InChI is InChI=1S/C28H26N2O6/c1-19-28(26(36-29-19)16-27(31)32)22-10-14-24(15-11-22)34-17-20-8-12-23(13-9-20)35-18-25(30-33-2)21-6-4-3-5-7-21/h3-15H,16-18H2,1-2H3,(H,31,32). The number of hydrogen-bond donors (Lipinski definition) is 1. The highest BCUT2D eigenvalue weighted by Crippen LogP contribution is 2.29. The van der Waals surface area contributed by atoms with Gasteiger partial charge in [0.2, 0.25) is 0 Å². The van der Waals surface area contributed by atoms with E-state index in [0.29, 0.717) is 40.8 Å². The largest absolute Gasteiger partial charge is 0.489 e. The van der Waals surface area contributed by atoms with E-state index in [0.717, 1.165) is 16.7 Å². The Morgan fingerprint density at radius 1 is 0.944 bits per heavy atom. The van der Waals surface area contributed by atoms with E-state index >= 15 is 0 Å². The van der Waals surface area contributed by atoms with E-state index in [1.807, 2.05) is 78.9 Å². The number of rotatable bonds is 11. The molecule has 8 nitrogen and oxygen atoms in total. The molecule has 0 bridgehead atoms. The number of aryl methyl sites for hydroxylation is 1. The van der Waals surface area contributed by atoms with Crippen molar-refractivity contribution in [2.24, 2.45) is 5.16 Å². The Morgan fingerprint density at radius 2 is 1.61 bits per heavy atom. The molecule has 4 aromatic rings. The maximum absolute atomic E-state index is 11.1. The van der Waals surface area contributed by atoms with Crippen LogP contribution in [0.25, 0.3) is 11.1 Å². The summed E-state index contributed by atoms with van der Waals surface area (Å²) in [5.74, 6) is 0.768. The fourth-order valence-corrected chi connectivity index (χ4v) is 3.67. The predicted octanol–water partition coefficient (Wildman–Crippen LogP) is 5.29. The van der Waals surface area contributed by atoms with Crippen LogP contribution in [0.5, 0.6) is 11.5 Å². The van der Waals surface area contributed by atoms with Gasteiger partial charge in [0.05, 0.1) is 5.69 Å². The molecule has 0 saturated carbocycles. The fraction of sp³-hybridized carbons (Fsp3) is 0.179.